The zero-order valence-corrected chi connectivity index (χ0v) is 18.8. The lowest BCUT2D eigenvalue weighted by molar-refractivity contribution is -0.151. The highest BCUT2D eigenvalue weighted by Gasteiger charge is 2.27. The summed E-state index contributed by atoms with van der Waals surface area (Å²) in [5, 5.41) is 10.1. The van der Waals surface area contributed by atoms with Crippen molar-refractivity contribution < 1.29 is 23.2 Å². The normalized spacial score (nSPS) is 13.6. The molecule has 4 rings (SSSR count). The highest BCUT2D eigenvalue weighted by Crippen LogP contribution is 2.29. The minimum absolute atomic E-state index is 0.0155. The summed E-state index contributed by atoms with van der Waals surface area (Å²) in [5.41, 5.74) is 0.794. The molecule has 0 unspecified atom stereocenters. The van der Waals surface area contributed by atoms with Crippen LogP contribution < -0.4 is 4.90 Å². The number of hydrogen-bond acceptors (Lipinski definition) is 8. The number of carbonyl (C=O) groups excluding carboxylic acids is 2. The topological polar surface area (TPSA) is 113 Å². The fourth-order valence-electron chi connectivity index (χ4n) is 3.36. The Hall–Kier alpha value is -3.48. The number of carbonyl (C=O) groups is 2. The van der Waals surface area contributed by atoms with Crippen molar-refractivity contribution in [2.24, 2.45) is 0 Å². The first kappa shape index (κ1) is 22.7. The first-order chi connectivity index (χ1) is 15.9. The van der Waals surface area contributed by atoms with E-state index in [1.165, 1.54) is 6.26 Å². The molecule has 0 saturated carbocycles. The maximum Gasteiger partial charge on any atom is 0.310 e. The van der Waals surface area contributed by atoms with E-state index in [0.29, 0.717) is 53.4 Å². The molecule has 11 heteroatoms. The second-order valence-corrected chi connectivity index (χ2v) is 8.03. The molecule has 170 valence electrons. The van der Waals surface area contributed by atoms with E-state index in [2.05, 4.69) is 4.98 Å². The number of nitriles is 1. The average Bonchev–Trinajstić information content (AvgIpc) is 3.50. The second kappa shape index (κ2) is 9.98. The van der Waals surface area contributed by atoms with E-state index in [1.807, 2.05) is 11.0 Å². The number of anilines is 1. The van der Waals surface area contributed by atoms with Gasteiger partial charge in [0.05, 0.1) is 22.7 Å². The number of amides is 1. The SMILES string of the molecule is N#Cc1nc(-c2ccco2)oc1N1CCN(C(=O)COC(=O)Cc2ccc(Cl)c(Cl)c2)CC1. The Morgan fingerprint density at radius 3 is 2.61 bits per heavy atom. The fourth-order valence-corrected chi connectivity index (χ4v) is 3.69. The average molecular weight is 489 g/mol. The molecule has 0 aliphatic carbocycles. The van der Waals surface area contributed by atoms with Gasteiger partial charge in [0.25, 0.3) is 11.8 Å². The minimum atomic E-state index is -0.536. The molecule has 9 nitrogen and oxygen atoms in total. The molecular formula is C22H18Cl2N4O5. The molecule has 2 aromatic heterocycles. The van der Waals surface area contributed by atoms with Crippen LogP contribution in [0.2, 0.25) is 10.0 Å². The van der Waals surface area contributed by atoms with Crippen LogP contribution in [0.25, 0.3) is 11.7 Å². The number of oxazole rings is 1. The van der Waals surface area contributed by atoms with Crippen LogP contribution in [-0.2, 0) is 20.7 Å². The Bertz CT molecular complexity index is 1190. The van der Waals surface area contributed by atoms with E-state index < -0.39 is 5.97 Å². The first-order valence-corrected chi connectivity index (χ1v) is 10.8. The van der Waals surface area contributed by atoms with Crippen molar-refractivity contribution in [2.45, 2.75) is 6.42 Å². The molecule has 33 heavy (non-hydrogen) atoms. The smallest absolute Gasteiger partial charge is 0.310 e. The van der Waals surface area contributed by atoms with Gasteiger partial charge >= 0.3 is 5.97 Å². The largest absolute Gasteiger partial charge is 0.459 e. The van der Waals surface area contributed by atoms with Gasteiger partial charge in [-0.15, -0.1) is 0 Å². The summed E-state index contributed by atoms with van der Waals surface area (Å²) in [6, 6.07) is 10.3. The van der Waals surface area contributed by atoms with Crippen LogP contribution in [0.3, 0.4) is 0 Å². The van der Waals surface area contributed by atoms with Gasteiger partial charge in [0.1, 0.15) is 6.07 Å². The number of hydrogen-bond donors (Lipinski definition) is 0. The first-order valence-electron chi connectivity index (χ1n) is 10.0. The van der Waals surface area contributed by atoms with Gasteiger partial charge in [0.15, 0.2) is 12.4 Å². The Morgan fingerprint density at radius 2 is 1.94 bits per heavy atom. The quantitative estimate of drug-likeness (QED) is 0.484. The molecule has 3 aromatic rings. The standard InChI is InChI=1S/C22H18Cl2N4O5/c23-15-4-3-14(10-16(15)24)11-20(30)32-13-19(29)27-5-7-28(8-6-27)22-17(12-25)26-21(33-22)18-2-1-9-31-18/h1-4,9-10H,5-8,11,13H2. The van der Waals surface area contributed by atoms with Crippen LogP contribution in [0, 0.1) is 11.3 Å². The number of piperazine rings is 1. The predicted molar refractivity (Wildman–Crippen MR) is 119 cm³/mol. The fraction of sp³-hybridized carbons (Fsp3) is 0.273. The van der Waals surface area contributed by atoms with E-state index in [0.717, 1.165) is 0 Å². The van der Waals surface area contributed by atoms with Crippen molar-refractivity contribution in [2.75, 3.05) is 37.7 Å². The molecule has 0 N–H and O–H groups in total. The van der Waals surface area contributed by atoms with E-state index in [-0.39, 0.29) is 30.5 Å². The van der Waals surface area contributed by atoms with Gasteiger partial charge in [0.2, 0.25) is 11.6 Å². The number of benzene rings is 1. The molecule has 1 saturated heterocycles. The van der Waals surface area contributed by atoms with Crippen molar-refractivity contribution in [1.29, 1.82) is 5.26 Å². The molecule has 1 aliphatic heterocycles. The van der Waals surface area contributed by atoms with Crippen molar-refractivity contribution in [1.82, 2.24) is 9.88 Å². The summed E-state index contributed by atoms with van der Waals surface area (Å²) < 4.78 is 16.1. The summed E-state index contributed by atoms with van der Waals surface area (Å²) in [5.74, 6) is 0.148. The number of ether oxygens (including phenoxy) is 1. The second-order valence-electron chi connectivity index (χ2n) is 7.22. The zero-order valence-electron chi connectivity index (χ0n) is 17.3. The number of nitrogens with zero attached hydrogens (tertiary/aromatic N) is 4. The van der Waals surface area contributed by atoms with Crippen molar-refractivity contribution in [3.63, 3.8) is 0 Å². The van der Waals surface area contributed by atoms with Crippen molar-refractivity contribution in [3.8, 4) is 17.7 Å². The van der Waals surface area contributed by atoms with E-state index in [1.54, 1.807) is 35.2 Å². The Morgan fingerprint density at radius 1 is 1.15 bits per heavy atom. The highest BCUT2D eigenvalue weighted by molar-refractivity contribution is 6.42. The number of esters is 1. The molecule has 0 spiro atoms. The number of furan rings is 1. The maximum absolute atomic E-state index is 12.5. The van der Waals surface area contributed by atoms with Crippen LogP contribution in [0.15, 0.2) is 45.4 Å². The molecule has 3 heterocycles. The van der Waals surface area contributed by atoms with E-state index in [9.17, 15) is 14.9 Å². The predicted octanol–water partition coefficient (Wildman–Crippen LogP) is 3.55. The molecule has 1 amide bonds. The molecule has 1 aliphatic rings. The highest BCUT2D eigenvalue weighted by atomic mass is 35.5. The summed E-state index contributed by atoms with van der Waals surface area (Å²) in [7, 11) is 0. The van der Waals surface area contributed by atoms with Gasteiger partial charge in [-0.2, -0.15) is 10.2 Å². The Labute approximate surface area is 199 Å². The van der Waals surface area contributed by atoms with Gasteiger partial charge in [-0.1, -0.05) is 29.3 Å². The summed E-state index contributed by atoms with van der Waals surface area (Å²) in [6.07, 6.45) is 1.48. The minimum Gasteiger partial charge on any atom is -0.459 e. The summed E-state index contributed by atoms with van der Waals surface area (Å²) >= 11 is 11.8. The third-order valence-electron chi connectivity index (χ3n) is 5.06. The molecule has 0 bridgehead atoms. The van der Waals surface area contributed by atoms with Gasteiger partial charge in [-0.3, -0.25) is 9.59 Å². The Kier molecular flexibility index (Phi) is 6.87. The van der Waals surface area contributed by atoms with Gasteiger partial charge in [-0.05, 0) is 29.8 Å². The lowest BCUT2D eigenvalue weighted by Crippen LogP contribution is -2.50. The molecular weight excluding hydrogens is 471 g/mol. The molecule has 0 atom stereocenters. The number of halogens is 2. The lowest BCUT2D eigenvalue weighted by atomic mass is 10.1. The molecule has 0 radical (unpaired) electrons. The van der Waals surface area contributed by atoms with Gasteiger partial charge in [0, 0.05) is 26.2 Å². The van der Waals surface area contributed by atoms with Crippen LogP contribution in [0.1, 0.15) is 11.3 Å². The summed E-state index contributed by atoms with van der Waals surface area (Å²) in [6.45, 7) is 1.28. The maximum atomic E-state index is 12.5. The van der Waals surface area contributed by atoms with Crippen LogP contribution in [0.5, 0.6) is 0 Å². The van der Waals surface area contributed by atoms with Crippen LogP contribution in [-0.4, -0.2) is 54.5 Å². The van der Waals surface area contributed by atoms with Crippen molar-refractivity contribution >= 4 is 41.0 Å². The van der Waals surface area contributed by atoms with Gasteiger partial charge in [-0.25, -0.2) is 0 Å². The lowest BCUT2D eigenvalue weighted by Gasteiger charge is -2.34. The van der Waals surface area contributed by atoms with E-state index in [4.69, 9.17) is 36.8 Å². The molecule has 1 fully saturated rings. The summed E-state index contributed by atoms with van der Waals surface area (Å²) in [4.78, 5) is 32.2. The zero-order chi connectivity index (χ0) is 23.4. The Balaban J connectivity index is 1.28. The van der Waals surface area contributed by atoms with Crippen LogP contribution >= 0.6 is 23.2 Å². The number of aromatic nitrogens is 1. The number of rotatable bonds is 6. The van der Waals surface area contributed by atoms with Crippen LogP contribution in [0.4, 0.5) is 5.88 Å². The monoisotopic (exact) mass is 488 g/mol. The molecule has 1 aromatic carbocycles. The van der Waals surface area contributed by atoms with Gasteiger partial charge < -0.3 is 23.4 Å². The third-order valence-corrected chi connectivity index (χ3v) is 5.79. The third kappa shape index (κ3) is 5.30. The van der Waals surface area contributed by atoms with E-state index >= 15 is 0 Å². The van der Waals surface area contributed by atoms with Crippen molar-refractivity contribution in [3.05, 3.63) is 57.9 Å².